The van der Waals surface area contributed by atoms with Gasteiger partial charge < -0.3 is 14.7 Å². The van der Waals surface area contributed by atoms with Crippen LogP contribution in [0.15, 0.2) is 85.5 Å². The van der Waals surface area contributed by atoms with E-state index in [1.54, 1.807) is 42.9 Å². The van der Waals surface area contributed by atoms with Crippen molar-refractivity contribution in [2.24, 2.45) is 0 Å². The van der Waals surface area contributed by atoms with E-state index in [0.717, 1.165) is 0 Å². The summed E-state index contributed by atoms with van der Waals surface area (Å²) in [4.78, 5) is 30.6. The van der Waals surface area contributed by atoms with Gasteiger partial charge in [0.25, 0.3) is 11.7 Å². The van der Waals surface area contributed by atoms with Crippen LogP contribution in [0.4, 0.5) is 4.39 Å². The smallest absolute Gasteiger partial charge is 0.295 e. The van der Waals surface area contributed by atoms with Crippen molar-refractivity contribution in [3.8, 4) is 5.75 Å². The molecule has 7 nitrogen and oxygen atoms in total. The van der Waals surface area contributed by atoms with Crippen LogP contribution in [0.2, 0.25) is 0 Å². The summed E-state index contributed by atoms with van der Waals surface area (Å²) >= 11 is 0. The number of halogens is 1. The van der Waals surface area contributed by atoms with Crippen molar-refractivity contribution in [3.63, 3.8) is 0 Å². The molecule has 2 N–H and O–H groups in total. The highest BCUT2D eigenvalue weighted by atomic mass is 19.1. The van der Waals surface area contributed by atoms with Gasteiger partial charge in [-0.1, -0.05) is 24.8 Å². The minimum Gasteiger partial charge on any atom is -0.507 e. The van der Waals surface area contributed by atoms with E-state index < -0.39 is 23.5 Å². The van der Waals surface area contributed by atoms with Crippen LogP contribution in [0.1, 0.15) is 23.6 Å². The maximum atomic E-state index is 13.4. The number of likely N-dealkylation sites (tertiary alicyclic amines) is 1. The SMILES string of the molecule is C=CCOc1cccc(C2C(=C(O)c3ccc(F)cc3)C(=O)C(=O)N2CCC[n+]2cc[nH]c2)c1. The van der Waals surface area contributed by atoms with Crippen molar-refractivity contribution in [1.82, 2.24) is 9.88 Å². The Morgan fingerprint density at radius 3 is 2.74 bits per heavy atom. The van der Waals surface area contributed by atoms with Gasteiger partial charge >= 0.3 is 0 Å². The van der Waals surface area contributed by atoms with E-state index in [2.05, 4.69) is 11.6 Å². The Hall–Kier alpha value is -4.20. The first-order chi connectivity index (χ1) is 16.5. The number of ether oxygens (including phenoxy) is 1. The van der Waals surface area contributed by atoms with Crippen molar-refractivity contribution < 1.29 is 28.4 Å². The lowest BCUT2D eigenvalue weighted by atomic mass is 9.95. The highest BCUT2D eigenvalue weighted by Crippen LogP contribution is 2.40. The average Bonchev–Trinajstić information content (AvgIpc) is 3.45. The number of nitrogens with zero attached hydrogens (tertiary/aromatic N) is 2. The lowest BCUT2D eigenvalue weighted by molar-refractivity contribution is -0.695. The molecule has 34 heavy (non-hydrogen) atoms. The molecule has 0 radical (unpaired) electrons. The predicted octanol–water partition coefficient (Wildman–Crippen LogP) is 3.52. The summed E-state index contributed by atoms with van der Waals surface area (Å²) in [5.74, 6) is -1.73. The Bertz CT molecular complexity index is 1220. The third kappa shape index (κ3) is 4.76. The Morgan fingerprint density at radius 2 is 2.03 bits per heavy atom. The van der Waals surface area contributed by atoms with Crippen LogP contribution in [-0.2, 0) is 16.1 Å². The van der Waals surface area contributed by atoms with Crippen LogP contribution in [0.5, 0.6) is 5.75 Å². The van der Waals surface area contributed by atoms with Gasteiger partial charge in [0.2, 0.25) is 6.33 Å². The number of amides is 1. The van der Waals surface area contributed by atoms with E-state index in [0.29, 0.717) is 37.4 Å². The number of rotatable bonds is 9. The molecule has 4 rings (SSSR count). The average molecular weight is 463 g/mol. The molecular formula is C26H25FN3O4+. The standard InChI is InChI=1S/C26H24FN3O4/c1-2-15-34-21-6-3-5-19(16-21)23-22(24(31)18-7-9-20(27)10-8-18)25(32)26(33)30(23)13-4-12-29-14-11-28-17-29/h2-3,5-11,14,16-17,23H,1,4,12-13,15H2,(H,31,32)/p+1. The second-order valence-electron chi connectivity index (χ2n) is 7.87. The van der Waals surface area contributed by atoms with Crippen molar-refractivity contribution >= 4 is 17.4 Å². The number of hydrogen-bond acceptors (Lipinski definition) is 4. The maximum Gasteiger partial charge on any atom is 0.295 e. The molecule has 1 aliphatic rings. The molecule has 174 valence electrons. The van der Waals surface area contributed by atoms with Crippen molar-refractivity contribution in [2.45, 2.75) is 19.0 Å². The van der Waals surface area contributed by atoms with E-state index in [1.165, 1.54) is 29.2 Å². The van der Waals surface area contributed by atoms with E-state index >= 15 is 0 Å². The summed E-state index contributed by atoms with van der Waals surface area (Å²) in [6.07, 6.45) is 7.69. The molecule has 0 spiro atoms. The van der Waals surface area contributed by atoms with Crippen molar-refractivity contribution in [3.05, 3.63) is 102 Å². The topological polar surface area (TPSA) is 86.5 Å². The van der Waals surface area contributed by atoms with Crippen LogP contribution in [-0.4, -0.2) is 39.8 Å². The van der Waals surface area contributed by atoms with Crippen LogP contribution in [0, 0.1) is 5.82 Å². The number of benzene rings is 2. The number of Topliss-reactive ketones (excluding diaryl/α,β-unsaturated/α-hetero) is 1. The number of aryl methyl sites for hydroxylation is 1. The maximum absolute atomic E-state index is 13.4. The Balaban J connectivity index is 1.73. The number of carbonyl (C=O) groups is 2. The number of aliphatic hydroxyl groups excluding tert-OH is 1. The molecule has 0 saturated carbocycles. The first-order valence-corrected chi connectivity index (χ1v) is 10.9. The number of carbonyl (C=O) groups excluding carboxylic acids is 2. The molecule has 1 aromatic heterocycles. The zero-order valence-electron chi connectivity index (χ0n) is 18.5. The number of nitrogens with one attached hydrogen (secondary N) is 1. The number of aromatic nitrogens is 2. The number of imidazole rings is 1. The number of aliphatic hydroxyl groups is 1. The Labute approximate surface area is 196 Å². The van der Waals surface area contributed by atoms with Crippen LogP contribution in [0.3, 0.4) is 0 Å². The molecule has 2 heterocycles. The first-order valence-electron chi connectivity index (χ1n) is 10.9. The van der Waals surface area contributed by atoms with Crippen molar-refractivity contribution in [1.29, 1.82) is 0 Å². The molecule has 1 unspecified atom stereocenters. The minimum atomic E-state index is -0.812. The molecule has 1 fully saturated rings. The van der Waals surface area contributed by atoms with Gasteiger partial charge in [0, 0.05) is 18.5 Å². The molecule has 8 heteroatoms. The summed E-state index contributed by atoms with van der Waals surface area (Å²) in [5.41, 5.74) is 0.844. The fourth-order valence-corrected chi connectivity index (χ4v) is 4.03. The monoisotopic (exact) mass is 462 g/mol. The van der Waals surface area contributed by atoms with Gasteiger partial charge in [-0.2, -0.15) is 0 Å². The summed E-state index contributed by atoms with van der Waals surface area (Å²) in [7, 11) is 0. The van der Waals surface area contributed by atoms with Gasteiger partial charge in [-0.3, -0.25) is 14.6 Å². The zero-order chi connectivity index (χ0) is 24.1. The van der Waals surface area contributed by atoms with Gasteiger partial charge in [-0.05, 0) is 42.0 Å². The van der Waals surface area contributed by atoms with Gasteiger partial charge in [0.15, 0.2) is 0 Å². The summed E-state index contributed by atoms with van der Waals surface area (Å²) in [5, 5.41) is 11.0. The molecular weight excluding hydrogens is 437 g/mol. The Kier molecular flexibility index (Phi) is 6.87. The lowest BCUT2D eigenvalue weighted by Crippen LogP contribution is -2.36. The number of H-pyrrole nitrogens is 1. The minimum absolute atomic E-state index is 0.0354. The fraction of sp³-hybridized carbons (Fsp3) is 0.192. The quantitative estimate of drug-likeness (QED) is 0.168. The van der Waals surface area contributed by atoms with E-state index in [-0.39, 0.29) is 16.9 Å². The van der Waals surface area contributed by atoms with E-state index in [4.69, 9.17) is 4.74 Å². The van der Waals surface area contributed by atoms with Gasteiger partial charge in [-0.25, -0.2) is 8.96 Å². The number of aromatic amines is 1. The fourth-order valence-electron chi connectivity index (χ4n) is 4.03. The lowest BCUT2D eigenvalue weighted by Gasteiger charge is -2.25. The molecule has 0 bridgehead atoms. The van der Waals surface area contributed by atoms with Gasteiger partial charge in [0.05, 0.1) is 18.2 Å². The number of ketones is 1. The molecule has 1 atom stereocenters. The highest BCUT2D eigenvalue weighted by Gasteiger charge is 2.46. The molecule has 3 aromatic rings. The normalized spacial score (nSPS) is 17.2. The van der Waals surface area contributed by atoms with Crippen LogP contribution in [0.25, 0.3) is 5.76 Å². The molecule has 2 aromatic carbocycles. The van der Waals surface area contributed by atoms with Crippen LogP contribution >= 0.6 is 0 Å². The van der Waals surface area contributed by atoms with Gasteiger partial charge in [0.1, 0.15) is 36.3 Å². The zero-order valence-corrected chi connectivity index (χ0v) is 18.5. The second kappa shape index (κ2) is 10.2. The molecule has 1 saturated heterocycles. The summed E-state index contributed by atoms with van der Waals surface area (Å²) in [6.45, 7) is 4.88. The largest absolute Gasteiger partial charge is 0.507 e. The summed E-state index contributed by atoms with van der Waals surface area (Å²) < 4.78 is 21.0. The third-order valence-electron chi connectivity index (χ3n) is 5.62. The van der Waals surface area contributed by atoms with E-state index in [9.17, 15) is 19.1 Å². The number of hydrogen-bond donors (Lipinski definition) is 2. The molecule has 0 aliphatic carbocycles. The predicted molar refractivity (Wildman–Crippen MR) is 123 cm³/mol. The van der Waals surface area contributed by atoms with Gasteiger partial charge in [-0.15, -0.1) is 0 Å². The highest BCUT2D eigenvalue weighted by molar-refractivity contribution is 6.46. The second-order valence-corrected chi connectivity index (χ2v) is 7.87. The Morgan fingerprint density at radius 1 is 1.24 bits per heavy atom. The third-order valence-corrected chi connectivity index (χ3v) is 5.62. The molecule has 1 amide bonds. The summed E-state index contributed by atoms with van der Waals surface area (Å²) in [6, 6.07) is 11.4. The first kappa shape index (κ1) is 23.0. The van der Waals surface area contributed by atoms with E-state index in [1.807, 2.05) is 10.8 Å². The molecule has 1 aliphatic heterocycles. The van der Waals surface area contributed by atoms with Crippen molar-refractivity contribution in [2.75, 3.05) is 13.2 Å². The van der Waals surface area contributed by atoms with Crippen LogP contribution < -0.4 is 9.30 Å².